The lowest BCUT2D eigenvalue weighted by atomic mass is 10.2. The number of hydrogen-bond acceptors (Lipinski definition) is 3. The van der Waals surface area contributed by atoms with Gasteiger partial charge in [-0.05, 0) is 18.1 Å². The number of hydrogen-bond donors (Lipinski definition) is 3. The molecule has 0 aromatic heterocycles. The van der Waals surface area contributed by atoms with E-state index in [-0.39, 0.29) is 18.2 Å². The van der Waals surface area contributed by atoms with Crippen LogP contribution in [-0.4, -0.2) is 43.9 Å². The molecule has 0 bridgehead atoms. The van der Waals surface area contributed by atoms with Crippen LogP contribution in [-0.2, 0) is 4.43 Å². The van der Waals surface area contributed by atoms with E-state index in [4.69, 9.17) is 9.53 Å². The Morgan fingerprint density at radius 3 is 2.31 bits per heavy atom. The molecule has 0 fully saturated rings. The highest BCUT2D eigenvalue weighted by atomic mass is 28.4. The van der Waals surface area contributed by atoms with Gasteiger partial charge < -0.3 is 20.0 Å². The lowest BCUT2D eigenvalue weighted by Gasteiger charge is -2.36. The van der Waals surface area contributed by atoms with Crippen LogP contribution >= 0.6 is 0 Å². The van der Waals surface area contributed by atoms with Crippen molar-refractivity contribution in [2.75, 3.05) is 13.2 Å². The zero-order valence-electron chi connectivity index (χ0n) is 10.7. The van der Waals surface area contributed by atoms with E-state index in [2.05, 4.69) is 39.2 Å². The molecule has 0 aromatic rings. The van der Waals surface area contributed by atoms with Crippen molar-refractivity contribution in [3.8, 4) is 0 Å². The Labute approximate surface area is 97.9 Å². The van der Waals surface area contributed by atoms with Crippen LogP contribution in [0.2, 0.25) is 18.1 Å². The molecule has 3 N–H and O–H groups in total. The Hall–Kier alpha value is -0.593. The van der Waals surface area contributed by atoms with Crippen molar-refractivity contribution in [2.24, 2.45) is 0 Å². The van der Waals surface area contributed by atoms with Crippen molar-refractivity contribution in [1.29, 1.82) is 0 Å². The highest BCUT2D eigenvalue weighted by Gasteiger charge is 2.37. The van der Waals surface area contributed by atoms with Gasteiger partial charge in [0.05, 0.1) is 12.7 Å². The molecular formula is C10H23NO4Si. The molecular weight excluding hydrogens is 226 g/mol. The van der Waals surface area contributed by atoms with Gasteiger partial charge >= 0.3 is 6.09 Å². The van der Waals surface area contributed by atoms with E-state index >= 15 is 0 Å². The smallest absolute Gasteiger partial charge is 0.404 e. The third-order valence-corrected chi connectivity index (χ3v) is 7.43. The van der Waals surface area contributed by atoms with E-state index in [9.17, 15) is 9.90 Å². The van der Waals surface area contributed by atoms with Crippen molar-refractivity contribution in [3.05, 3.63) is 0 Å². The minimum atomic E-state index is -1.86. The number of rotatable bonds is 5. The molecule has 0 spiro atoms. The molecule has 1 unspecified atom stereocenters. The van der Waals surface area contributed by atoms with Gasteiger partial charge in [0.15, 0.2) is 8.32 Å². The summed E-state index contributed by atoms with van der Waals surface area (Å²) in [6, 6.07) is 0. The Morgan fingerprint density at radius 2 is 1.94 bits per heavy atom. The van der Waals surface area contributed by atoms with Crippen molar-refractivity contribution >= 4 is 14.4 Å². The summed E-state index contributed by atoms with van der Waals surface area (Å²) in [5.41, 5.74) is 0. The number of carboxylic acid groups (broad SMARTS) is 1. The predicted octanol–water partition coefficient (Wildman–Crippen LogP) is 1.64. The Morgan fingerprint density at radius 1 is 1.44 bits per heavy atom. The highest BCUT2D eigenvalue weighted by molar-refractivity contribution is 6.74. The summed E-state index contributed by atoms with van der Waals surface area (Å²) in [6.07, 6.45) is -1.92. The van der Waals surface area contributed by atoms with Crippen molar-refractivity contribution in [3.63, 3.8) is 0 Å². The summed E-state index contributed by atoms with van der Waals surface area (Å²) in [7, 11) is -1.86. The lowest BCUT2D eigenvalue weighted by Crippen LogP contribution is -2.44. The second-order valence-electron chi connectivity index (χ2n) is 5.41. The van der Waals surface area contributed by atoms with Gasteiger partial charge in [-0.25, -0.2) is 4.79 Å². The quantitative estimate of drug-likeness (QED) is 0.647. The number of aliphatic hydroxyl groups excluding tert-OH is 1. The zero-order valence-corrected chi connectivity index (χ0v) is 11.7. The van der Waals surface area contributed by atoms with E-state index in [1.807, 2.05) is 0 Å². The van der Waals surface area contributed by atoms with Crippen LogP contribution in [0.1, 0.15) is 20.8 Å². The van der Waals surface area contributed by atoms with Crippen LogP contribution in [0.4, 0.5) is 4.79 Å². The fourth-order valence-electron chi connectivity index (χ4n) is 0.785. The number of carbonyl (C=O) groups is 1. The van der Waals surface area contributed by atoms with Crippen molar-refractivity contribution in [2.45, 2.75) is 45.0 Å². The van der Waals surface area contributed by atoms with Gasteiger partial charge in [-0.3, -0.25) is 0 Å². The van der Waals surface area contributed by atoms with E-state index in [1.165, 1.54) is 0 Å². The molecule has 1 atom stereocenters. The minimum Gasteiger partial charge on any atom is -0.465 e. The third-order valence-electron chi connectivity index (χ3n) is 2.93. The Balaban J connectivity index is 4.00. The second-order valence-corrected chi connectivity index (χ2v) is 10.2. The topological polar surface area (TPSA) is 78.8 Å². The van der Waals surface area contributed by atoms with Crippen molar-refractivity contribution in [1.82, 2.24) is 5.32 Å². The van der Waals surface area contributed by atoms with Crippen LogP contribution in [0, 0.1) is 0 Å². The van der Waals surface area contributed by atoms with E-state index in [0.29, 0.717) is 0 Å². The molecule has 0 aliphatic rings. The standard InChI is InChI=1S/C10H23NO4Si/c1-10(2,3)16(4,5)15-7-8(12)6-11-9(13)14/h8,11-12H,6-7H2,1-5H3,(H,13,14). The Bertz CT molecular complexity index is 237. The molecule has 5 nitrogen and oxygen atoms in total. The van der Waals surface area contributed by atoms with E-state index < -0.39 is 20.5 Å². The summed E-state index contributed by atoms with van der Waals surface area (Å²) in [6.45, 7) is 10.7. The summed E-state index contributed by atoms with van der Waals surface area (Å²) >= 11 is 0. The van der Waals surface area contributed by atoms with Crippen LogP contribution in [0.5, 0.6) is 0 Å². The van der Waals surface area contributed by atoms with Gasteiger partial charge in [0.1, 0.15) is 0 Å². The van der Waals surface area contributed by atoms with Crippen LogP contribution in [0.25, 0.3) is 0 Å². The fourth-order valence-corrected chi connectivity index (χ4v) is 1.83. The molecule has 0 aromatic carbocycles. The zero-order chi connectivity index (χ0) is 13.0. The first-order chi connectivity index (χ1) is 7.06. The molecule has 0 aliphatic carbocycles. The SMILES string of the molecule is CC(C)(C)[Si](C)(C)OCC(O)CNC(=O)O. The van der Waals surface area contributed by atoms with Gasteiger partial charge in [0, 0.05) is 6.54 Å². The summed E-state index contributed by atoms with van der Waals surface area (Å²) in [4.78, 5) is 10.2. The molecule has 0 saturated heterocycles. The molecule has 0 rings (SSSR count). The number of aliphatic hydroxyl groups is 1. The minimum absolute atomic E-state index is 0.00392. The average Bonchev–Trinajstić information content (AvgIpc) is 2.09. The average molecular weight is 249 g/mol. The van der Waals surface area contributed by atoms with Gasteiger partial charge in [-0.2, -0.15) is 0 Å². The van der Waals surface area contributed by atoms with Crippen LogP contribution in [0.3, 0.4) is 0 Å². The van der Waals surface area contributed by atoms with Gasteiger partial charge in [0.25, 0.3) is 0 Å². The molecule has 0 aliphatic heterocycles. The number of nitrogens with one attached hydrogen (secondary N) is 1. The van der Waals surface area contributed by atoms with E-state index in [0.717, 1.165) is 0 Å². The van der Waals surface area contributed by atoms with Gasteiger partial charge in [-0.15, -0.1) is 0 Å². The maximum absolute atomic E-state index is 10.2. The van der Waals surface area contributed by atoms with Crippen LogP contribution < -0.4 is 5.32 Å². The molecule has 0 heterocycles. The van der Waals surface area contributed by atoms with Gasteiger partial charge in [0.2, 0.25) is 0 Å². The maximum atomic E-state index is 10.2. The number of amides is 1. The molecule has 0 radical (unpaired) electrons. The molecule has 16 heavy (non-hydrogen) atoms. The molecule has 6 heteroatoms. The highest BCUT2D eigenvalue weighted by Crippen LogP contribution is 2.36. The summed E-state index contributed by atoms with van der Waals surface area (Å²) in [5.74, 6) is 0. The monoisotopic (exact) mass is 249 g/mol. The normalized spacial score (nSPS) is 14.6. The molecule has 0 saturated carbocycles. The largest absolute Gasteiger partial charge is 0.465 e. The lowest BCUT2D eigenvalue weighted by molar-refractivity contribution is 0.0974. The first-order valence-electron chi connectivity index (χ1n) is 5.35. The summed E-state index contributed by atoms with van der Waals surface area (Å²) < 4.78 is 5.74. The third kappa shape index (κ3) is 5.48. The molecule has 96 valence electrons. The predicted molar refractivity (Wildman–Crippen MR) is 65.2 cm³/mol. The van der Waals surface area contributed by atoms with Crippen LogP contribution in [0.15, 0.2) is 0 Å². The second kappa shape index (κ2) is 5.65. The summed E-state index contributed by atoms with van der Waals surface area (Å²) in [5, 5.41) is 20.1. The van der Waals surface area contributed by atoms with Gasteiger partial charge in [-0.1, -0.05) is 20.8 Å². The Kier molecular flexibility index (Phi) is 5.44. The van der Waals surface area contributed by atoms with Crippen molar-refractivity contribution < 1.29 is 19.4 Å². The first kappa shape index (κ1) is 15.4. The fraction of sp³-hybridized carbons (Fsp3) is 0.900. The first-order valence-corrected chi connectivity index (χ1v) is 8.26. The maximum Gasteiger partial charge on any atom is 0.404 e. The molecule has 1 amide bonds. The van der Waals surface area contributed by atoms with E-state index in [1.54, 1.807) is 0 Å².